The third-order valence-corrected chi connectivity index (χ3v) is 8.18. The molecule has 2 nitrogen and oxygen atoms in total. The van der Waals surface area contributed by atoms with Crippen molar-refractivity contribution in [1.82, 2.24) is 5.32 Å². The van der Waals surface area contributed by atoms with Crippen LogP contribution in [0.3, 0.4) is 0 Å². The van der Waals surface area contributed by atoms with Crippen molar-refractivity contribution in [2.45, 2.75) is 44.3 Å². The topological polar surface area (TPSA) is 38.0 Å². The predicted molar refractivity (Wildman–Crippen MR) is 122 cm³/mol. The first-order valence-corrected chi connectivity index (χ1v) is 11.6. The van der Waals surface area contributed by atoms with E-state index in [2.05, 4.69) is 90.2 Å². The summed E-state index contributed by atoms with van der Waals surface area (Å²) >= 11 is 0. The number of benzene rings is 3. The molecule has 28 heavy (non-hydrogen) atoms. The Morgan fingerprint density at radius 1 is 0.750 bits per heavy atom. The normalized spacial score (nSPS) is 19.6. The second-order valence-electron chi connectivity index (χ2n) is 7.57. The molecule has 0 bridgehead atoms. The van der Waals surface area contributed by atoms with Crippen LogP contribution in [-0.4, -0.2) is 12.1 Å². The molecule has 0 unspecified atom stereocenters. The Balaban J connectivity index is 1.66. The lowest BCUT2D eigenvalue weighted by atomic mass is 9.91. The van der Waals surface area contributed by atoms with Crippen LogP contribution in [0.15, 0.2) is 84.9 Å². The summed E-state index contributed by atoms with van der Waals surface area (Å²) in [5.41, 5.74) is 7.75. The van der Waals surface area contributed by atoms with Gasteiger partial charge in [0.15, 0.2) is 0 Å². The zero-order chi connectivity index (χ0) is 19.2. The van der Waals surface area contributed by atoms with E-state index < -0.39 is 7.92 Å². The highest BCUT2D eigenvalue weighted by atomic mass is 31.1. The number of nitrogens with two attached hydrogens (primary N) is 1. The Hall–Kier alpha value is -1.99. The minimum Gasteiger partial charge on any atom is -0.326 e. The zero-order valence-corrected chi connectivity index (χ0v) is 17.2. The molecule has 1 aliphatic carbocycles. The van der Waals surface area contributed by atoms with Gasteiger partial charge in [0, 0.05) is 18.6 Å². The van der Waals surface area contributed by atoms with Crippen LogP contribution in [0.1, 0.15) is 31.2 Å². The maximum Gasteiger partial charge on any atom is 0.0222 e. The summed E-state index contributed by atoms with van der Waals surface area (Å²) in [5, 5.41) is 8.00. The minimum absolute atomic E-state index is 0.283. The summed E-state index contributed by atoms with van der Waals surface area (Å²) in [7, 11) is -0.578. The van der Waals surface area contributed by atoms with Crippen molar-refractivity contribution in [3.05, 3.63) is 90.5 Å². The Morgan fingerprint density at radius 2 is 1.32 bits per heavy atom. The molecule has 1 aliphatic rings. The van der Waals surface area contributed by atoms with Gasteiger partial charge < -0.3 is 11.1 Å². The van der Waals surface area contributed by atoms with E-state index in [1.807, 2.05) is 0 Å². The highest BCUT2D eigenvalue weighted by Gasteiger charge is 2.23. The van der Waals surface area contributed by atoms with Gasteiger partial charge in [0.25, 0.3) is 0 Å². The summed E-state index contributed by atoms with van der Waals surface area (Å²) in [6.07, 6.45) is 4.88. The van der Waals surface area contributed by atoms with Crippen LogP contribution in [0.2, 0.25) is 0 Å². The third-order valence-electron chi connectivity index (χ3n) is 5.64. The maximum absolute atomic E-state index is 6.36. The lowest BCUT2D eigenvalue weighted by Crippen LogP contribution is -2.47. The quantitative estimate of drug-likeness (QED) is 0.631. The van der Waals surface area contributed by atoms with Crippen molar-refractivity contribution in [2.75, 3.05) is 0 Å². The molecule has 1 saturated carbocycles. The number of hydrogen-bond donors (Lipinski definition) is 2. The van der Waals surface area contributed by atoms with Gasteiger partial charge in [-0.05, 0) is 42.2 Å². The van der Waals surface area contributed by atoms with E-state index in [4.69, 9.17) is 5.73 Å². The maximum atomic E-state index is 6.36. The highest BCUT2D eigenvalue weighted by Crippen LogP contribution is 2.34. The van der Waals surface area contributed by atoms with E-state index in [1.165, 1.54) is 40.7 Å². The van der Waals surface area contributed by atoms with Gasteiger partial charge in [-0.15, -0.1) is 0 Å². The highest BCUT2D eigenvalue weighted by molar-refractivity contribution is 7.79. The van der Waals surface area contributed by atoms with Crippen molar-refractivity contribution in [3.8, 4) is 0 Å². The molecule has 0 heterocycles. The van der Waals surface area contributed by atoms with Crippen LogP contribution in [-0.2, 0) is 6.54 Å². The lowest BCUT2D eigenvalue weighted by molar-refractivity contribution is 0.327. The molecule has 3 N–H and O–H groups in total. The summed E-state index contributed by atoms with van der Waals surface area (Å²) < 4.78 is 0. The number of rotatable bonds is 6. The van der Waals surface area contributed by atoms with Gasteiger partial charge in [-0.1, -0.05) is 97.8 Å². The Morgan fingerprint density at radius 3 is 1.96 bits per heavy atom. The molecule has 3 heteroatoms. The molecule has 3 aromatic rings. The molecule has 0 aromatic heterocycles. The average molecular weight is 388 g/mol. The Kier molecular flexibility index (Phi) is 6.54. The van der Waals surface area contributed by atoms with Crippen molar-refractivity contribution in [2.24, 2.45) is 5.73 Å². The van der Waals surface area contributed by atoms with Gasteiger partial charge in [0.1, 0.15) is 0 Å². The summed E-state index contributed by atoms with van der Waals surface area (Å²) in [5.74, 6) is 0. The van der Waals surface area contributed by atoms with Crippen LogP contribution in [0, 0.1) is 0 Å². The average Bonchev–Trinajstić information content (AvgIpc) is 2.76. The van der Waals surface area contributed by atoms with Crippen LogP contribution >= 0.6 is 7.92 Å². The molecule has 1 fully saturated rings. The van der Waals surface area contributed by atoms with Crippen LogP contribution < -0.4 is 27.0 Å². The second kappa shape index (κ2) is 9.47. The lowest BCUT2D eigenvalue weighted by Gasteiger charge is -2.30. The van der Waals surface area contributed by atoms with E-state index in [0.717, 1.165) is 13.0 Å². The molecule has 0 saturated heterocycles. The van der Waals surface area contributed by atoms with Gasteiger partial charge >= 0.3 is 0 Å². The standard InChI is InChI=1S/C25H29N2P/c26-23-16-8-9-17-24(23)27-19-20-11-7-10-18-25(20)28(21-12-3-1-4-13-21)22-14-5-2-6-15-22/h1-7,10-15,18,23-24,27H,8-9,16-17,19,26H2/t23-,24-/m0/s1. The molecular weight excluding hydrogens is 359 g/mol. The van der Waals surface area contributed by atoms with E-state index in [9.17, 15) is 0 Å². The number of hydrogen-bond acceptors (Lipinski definition) is 2. The molecule has 0 aliphatic heterocycles. The van der Waals surface area contributed by atoms with Crippen molar-refractivity contribution in [3.63, 3.8) is 0 Å². The van der Waals surface area contributed by atoms with Gasteiger partial charge in [-0.2, -0.15) is 0 Å². The first-order valence-electron chi connectivity index (χ1n) is 10.3. The minimum atomic E-state index is -0.578. The van der Waals surface area contributed by atoms with Crippen LogP contribution in [0.4, 0.5) is 0 Å². The van der Waals surface area contributed by atoms with E-state index in [-0.39, 0.29) is 6.04 Å². The van der Waals surface area contributed by atoms with Gasteiger partial charge in [0.2, 0.25) is 0 Å². The third kappa shape index (κ3) is 4.52. The Bertz CT molecular complexity index is 826. The molecule has 4 rings (SSSR count). The zero-order valence-electron chi connectivity index (χ0n) is 16.3. The fourth-order valence-corrected chi connectivity index (χ4v) is 6.58. The smallest absolute Gasteiger partial charge is 0.0222 e. The van der Waals surface area contributed by atoms with Gasteiger partial charge in [-0.3, -0.25) is 0 Å². The van der Waals surface area contributed by atoms with E-state index >= 15 is 0 Å². The van der Waals surface area contributed by atoms with Crippen molar-refractivity contribution in [1.29, 1.82) is 0 Å². The van der Waals surface area contributed by atoms with Crippen LogP contribution in [0.5, 0.6) is 0 Å². The monoisotopic (exact) mass is 388 g/mol. The molecule has 144 valence electrons. The SMILES string of the molecule is N[C@H]1CCCC[C@@H]1NCc1ccccc1P(c1ccccc1)c1ccccc1. The summed E-state index contributed by atoms with van der Waals surface area (Å²) in [4.78, 5) is 0. The fourth-order valence-electron chi connectivity index (χ4n) is 4.11. The van der Waals surface area contributed by atoms with Gasteiger partial charge in [0.05, 0.1) is 0 Å². The first kappa shape index (κ1) is 19.3. The summed E-state index contributed by atoms with van der Waals surface area (Å²) in [6, 6.07) is 31.5. The summed E-state index contributed by atoms with van der Waals surface area (Å²) in [6.45, 7) is 0.882. The molecule has 0 spiro atoms. The fraction of sp³-hybridized carbons (Fsp3) is 0.280. The molecule has 2 atom stereocenters. The Labute approximate surface area is 169 Å². The van der Waals surface area contributed by atoms with E-state index in [0.29, 0.717) is 6.04 Å². The molecular formula is C25H29N2P. The predicted octanol–water partition coefficient (Wildman–Crippen LogP) is 3.80. The van der Waals surface area contributed by atoms with Crippen LogP contribution in [0.25, 0.3) is 0 Å². The molecule has 0 radical (unpaired) electrons. The van der Waals surface area contributed by atoms with E-state index in [1.54, 1.807) is 0 Å². The molecule has 0 amide bonds. The van der Waals surface area contributed by atoms with Crippen molar-refractivity contribution >= 4 is 23.8 Å². The molecule has 3 aromatic carbocycles. The number of nitrogens with one attached hydrogen (secondary N) is 1. The largest absolute Gasteiger partial charge is 0.326 e. The van der Waals surface area contributed by atoms with Crippen molar-refractivity contribution < 1.29 is 0 Å². The second-order valence-corrected chi connectivity index (χ2v) is 9.76. The first-order chi connectivity index (χ1) is 13.8. The van der Waals surface area contributed by atoms with Gasteiger partial charge in [-0.25, -0.2) is 0 Å².